The zero-order chi connectivity index (χ0) is 18.3. The fraction of sp³-hybridized carbons (Fsp3) is 0.375. The second-order valence-electron chi connectivity index (χ2n) is 5.42. The molecule has 0 fully saturated rings. The molecule has 1 aromatic heterocycles. The van der Waals surface area contributed by atoms with E-state index in [4.69, 9.17) is 5.14 Å². The molecule has 1 heterocycles. The summed E-state index contributed by atoms with van der Waals surface area (Å²) in [5.74, 6) is 0.676. The third kappa shape index (κ3) is 7.56. The van der Waals surface area contributed by atoms with Gasteiger partial charge in [0, 0.05) is 24.9 Å². The number of aliphatic imine (C=N–C) groups is 1. The third-order valence-corrected chi connectivity index (χ3v) is 5.06. The van der Waals surface area contributed by atoms with Crippen LogP contribution < -0.4 is 15.8 Å². The lowest BCUT2D eigenvalue weighted by Crippen LogP contribution is -2.38. The lowest BCUT2D eigenvalue weighted by molar-refractivity contribution is 0.597. The van der Waals surface area contributed by atoms with Crippen molar-refractivity contribution in [3.63, 3.8) is 0 Å². The van der Waals surface area contributed by atoms with Crippen LogP contribution in [0.3, 0.4) is 0 Å². The van der Waals surface area contributed by atoms with Gasteiger partial charge < -0.3 is 10.6 Å². The second-order valence-corrected chi connectivity index (χ2v) is 8.05. The molecule has 0 aliphatic carbocycles. The topological polar surface area (TPSA) is 109 Å². The number of guanidine groups is 1. The van der Waals surface area contributed by atoms with Gasteiger partial charge in [-0.1, -0.05) is 12.1 Å². The van der Waals surface area contributed by atoms with Gasteiger partial charge in [-0.2, -0.15) is 0 Å². The summed E-state index contributed by atoms with van der Waals surface area (Å²) in [6.45, 7) is 5.78. The van der Waals surface area contributed by atoms with Gasteiger partial charge in [-0.25, -0.2) is 23.5 Å². The van der Waals surface area contributed by atoms with Crippen molar-refractivity contribution in [2.45, 2.75) is 31.7 Å². The Morgan fingerprint density at radius 3 is 2.73 bits per heavy atom. The number of halogens is 1. The van der Waals surface area contributed by atoms with Gasteiger partial charge in [0.15, 0.2) is 5.96 Å². The van der Waals surface area contributed by atoms with Crippen LogP contribution in [0.4, 0.5) is 0 Å². The minimum Gasteiger partial charge on any atom is -0.357 e. The Kier molecular flexibility index (Phi) is 9.47. The van der Waals surface area contributed by atoms with Crippen LogP contribution in [0.2, 0.25) is 0 Å². The van der Waals surface area contributed by atoms with E-state index in [1.54, 1.807) is 23.5 Å². The summed E-state index contributed by atoms with van der Waals surface area (Å²) in [4.78, 5) is 9.01. The maximum absolute atomic E-state index is 11.4. The van der Waals surface area contributed by atoms with Crippen molar-refractivity contribution in [2.24, 2.45) is 10.1 Å². The summed E-state index contributed by atoms with van der Waals surface area (Å²) in [5, 5.41) is 14.7. The minimum atomic E-state index is -3.70. The smallest absolute Gasteiger partial charge is 0.238 e. The summed E-state index contributed by atoms with van der Waals surface area (Å²) in [6.07, 6.45) is 0.815. The molecule has 0 unspecified atom stereocenters. The molecule has 2 rings (SSSR count). The molecule has 2 aromatic rings. The number of aryl methyl sites for hydroxylation is 1. The van der Waals surface area contributed by atoms with Crippen LogP contribution >= 0.6 is 35.3 Å². The molecule has 0 atom stereocenters. The number of hydrogen-bond donors (Lipinski definition) is 3. The van der Waals surface area contributed by atoms with Gasteiger partial charge in [0.25, 0.3) is 0 Å². The molecular formula is C16H24IN5O2S2. The van der Waals surface area contributed by atoms with E-state index in [0.717, 1.165) is 29.2 Å². The maximum atomic E-state index is 11.4. The van der Waals surface area contributed by atoms with Crippen molar-refractivity contribution in [3.05, 3.63) is 45.9 Å². The lowest BCUT2D eigenvalue weighted by atomic mass is 10.2. The number of nitrogens with two attached hydrogens (primary N) is 1. The van der Waals surface area contributed by atoms with Crippen molar-refractivity contribution < 1.29 is 8.42 Å². The number of sulfonamides is 1. The Morgan fingerprint density at radius 1 is 1.35 bits per heavy atom. The predicted molar refractivity (Wildman–Crippen MR) is 117 cm³/mol. The van der Waals surface area contributed by atoms with Crippen molar-refractivity contribution in [2.75, 3.05) is 13.1 Å². The number of nitrogens with zero attached hydrogens (tertiary/aromatic N) is 2. The molecule has 0 aliphatic rings. The van der Waals surface area contributed by atoms with Crippen molar-refractivity contribution in [3.8, 4) is 0 Å². The highest BCUT2D eigenvalue weighted by Gasteiger charge is 2.08. The first-order chi connectivity index (χ1) is 11.9. The second kappa shape index (κ2) is 10.8. The normalized spacial score (nSPS) is 11.7. The summed E-state index contributed by atoms with van der Waals surface area (Å²) in [5.41, 5.74) is 1.84. The van der Waals surface area contributed by atoms with Gasteiger partial charge in [0.2, 0.25) is 10.0 Å². The SMILES string of the molecule is CCNC(=NCc1cccc(S(N)(=O)=O)c1)NCCc1csc(C)n1.I. The standard InChI is InChI=1S/C16H23N5O2S2.HI/c1-3-18-16(19-8-7-14-11-24-12(2)21-14)20-10-13-5-4-6-15(9-13)25(17,22)23;/h4-6,9,11H,3,7-8,10H2,1-2H3,(H2,17,22,23)(H2,18,19,20);1H. The molecule has 0 bridgehead atoms. The molecule has 26 heavy (non-hydrogen) atoms. The molecule has 7 nitrogen and oxygen atoms in total. The number of primary sulfonamides is 1. The molecule has 0 saturated carbocycles. The quantitative estimate of drug-likeness (QED) is 0.301. The van der Waals surface area contributed by atoms with E-state index in [0.29, 0.717) is 19.0 Å². The number of aromatic nitrogens is 1. The van der Waals surface area contributed by atoms with Gasteiger partial charge in [0.1, 0.15) is 0 Å². The summed E-state index contributed by atoms with van der Waals surface area (Å²) in [7, 11) is -3.70. The third-order valence-electron chi connectivity index (χ3n) is 3.33. The fourth-order valence-corrected chi connectivity index (χ4v) is 3.40. The zero-order valence-corrected chi connectivity index (χ0v) is 18.7. The first kappa shape index (κ1) is 22.8. The Labute approximate surface area is 175 Å². The van der Waals surface area contributed by atoms with E-state index in [-0.39, 0.29) is 28.9 Å². The summed E-state index contributed by atoms with van der Waals surface area (Å²) < 4.78 is 22.8. The van der Waals surface area contributed by atoms with Crippen LogP contribution in [0, 0.1) is 6.92 Å². The fourth-order valence-electron chi connectivity index (χ4n) is 2.16. The molecule has 0 spiro atoms. The van der Waals surface area contributed by atoms with E-state index < -0.39 is 10.0 Å². The molecule has 0 aliphatic heterocycles. The van der Waals surface area contributed by atoms with E-state index in [1.165, 1.54) is 6.07 Å². The van der Waals surface area contributed by atoms with E-state index in [2.05, 4.69) is 26.0 Å². The highest BCUT2D eigenvalue weighted by atomic mass is 127. The molecule has 0 radical (unpaired) electrons. The van der Waals surface area contributed by atoms with Crippen molar-refractivity contribution >= 4 is 51.3 Å². The van der Waals surface area contributed by atoms with E-state index in [9.17, 15) is 8.42 Å². The maximum Gasteiger partial charge on any atom is 0.238 e. The first-order valence-corrected chi connectivity index (χ1v) is 10.4. The molecule has 0 amide bonds. The van der Waals surface area contributed by atoms with Gasteiger partial charge >= 0.3 is 0 Å². The number of nitrogens with one attached hydrogen (secondary N) is 2. The highest BCUT2D eigenvalue weighted by molar-refractivity contribution is 14.0. The predicted octanol–water partition coefficient (Wildman–Crippen LogP) is 2.01. The summed E-state index contributed by atoms with van der Waals surface area (Å²) in [6, 6.07) is 6.50. The molecule has 144 valence electrons. The van der Waals surface area contributed by atoms with Crippen LogP contribution in [-0.4, -0.2) is 32.5 Å². The molecule has 10 heteroatoms. The average Bonchev–Trinajstić information content (AvgIpc) is 2.97. The number of thiazole rings is 1. The van der Waals surface area contributed by atoms with Gasteiger partial charge in [-0.15, -0.1) is 35.3 Å². The van der Waals surface area contributed by atoms with Gasteiger partial charge in [-0.3, -0.25) is 0 Å². The summed E-state index contributed by atoms with van der Waals surface area (Å²) >= 11 is 1.64. The number of benzene rings is 1. The van der Waals surface area contributed by atoms with Crippen LogP contribution in [0.5, 0.6) is 0 Å². The zero-order valence-electron chi connectivity index (χ0n) is 14.7. The van der Waals surface area contributed by atoms with Gasteiger partial charge in [0.05, 0.1) is 22.1 Å². The Bertz CT molecular complexity index is 837. The molecule has 0 saturated heterocycles. The van der Waals surface area contributed by atoms with E-state index >= 15 is 0 Å². The lowest BCUT2D eigenvalue weighted by Gasteiger charge is -2.11. The van der Waals surface area contributed by atoms with Crippen molar-refractivity contribution in [1.82, 2.24) is 15.6 Å². The monoisotopic (exact) mass is 509 g/mol. The molecule has 4 N–H and O–H groups in total. The first-order valence-electron chi connectivity index (χ1n) is 7.93. The number of rotatable bonds is 7. The van der Waals surface area contributed by atoms with Crippen LogP contribution in [0.25, 0.3) is 0 Å². The van der Waals surface area contributed by atoms with Crippen LogP contribution in [0.1, 0.15) is 23.2 Å². The van der Waals surface area contributed by atoms with Gasteiger partial charge in [-0.05, 0) is 31.5 Å². The highest BCUT2D eigenvalue weighted by Crippen LogP contribution is 2.11. The molecular weight excluding hydrogens is 485 g/mol. The average molecular weight is 509 g/mol. The van der Waals surface area contributed by atoms with Crippen LogP contribution in [0.15, 0.2) is 39.5 Å². The van der Waals surface area contributed by atoms with Crippen LogP contribution in [-0.2, 0) is 23.0 Å². The van der Waals surface area contributed by atoms with Crippen molar-refractivity contribution in [1.29, 1.82) is 0 Å². The van der Waals surface area contributed by atoms with E-state index in [1.807, 2.05) is 19.9 Å². The molecule has 1 aromatic carbocycles. The Balaban J connectivity index is 0.00000338. The minimum absolute atomic E-state index is 0. The Hall–Kier alpha value is -1.24. The largest absolute Gasteiger partial charge is 0.357 e. The number of hydrogen-bond acceptors (Lipinski definition) is 5. The Morgan fingerprint density at radius 2 is 2.12 bits per heavy atom.